The van der Waals surface area contributed by atoms with Gasteiger partial charge in [0.25, 0.3) is 0 Å². The summed E-state index contributed by atoms with van der Waals surface area (Å²) in [4.78, 5) is 4.65. The van der Waals surface area contributed by atoms with Gasteiger partial charge >= 0.3 is 0 Å². The van der Waals surface area contributed by atoms with Gasteiger partial charge in [-0.15, -0.1) is 0 Å². The van der Waals surface area contributed by atoms with Crippen LogP contribution in [0.5, 0.6) is 0 Å². The molecule has 2 aromatic carbocycles. The Morgan fingerprint density at radius 2 is 1.95 bits per heavy atom. The van der Waals surface area contributed by atoms with Crippen LogP contribution in [0.4, 0.5) is 0 Å². The summed E-state index contributed by atoms with van der Waals surface area (Å²) in [7, 11) is 0. The molecular weight excluding hydrogens is 252 g/mol. The molecule has 19 heavy (non-hydrogen) atoms. The van der Waals surface area contributed by atoms with Crippen LogP contribution in [0.15, 0.2) is 58.5 Å². The van der Waals surface area contributed by atoms with Gasteiger partial charge in [0.2, 0.25) is 0 Å². The second-order valence-corrected chi connectivity index (χ2v) is 5.72. The predicted octanol–water partition coefficient (Wildman–Crippen LogP) is 4.09. The van der Waals surface area contributed by atoms with Gasteiger partial charge in [0.05, 0.1) is 5.03 Å². The molecule has 3 heteroatoms. The zero-order valence-electron chi connectivity index (χ0n) is 10.8. The van der Waals surface area contributed by atoms with Crippen molar-refractivity contribution in [2.75, 3.05) is 0 Å². The van der Waals surface area contributed by atoms with Crippen LogP contribution in [0.2, 0.25) is 0 Å². The first-order valence-corrected chi connectivity index (χ1v) is 7.13. The fourth-order valence-electron chi connectivity index (χ4n) is 2.19. The smallest absolute Gasteiger partial charge is 0.0780 e. The number of fused-ring (bicyclic) bond motifs is 1. The number of nitrogens with one attached hydrogen (secondary N) is 1. The molecule has 0 unspecified atom stereocenters. The molecule has 0 aliphatic rings. The molecule has 2 nitrogen and oxygen atoms in total. The second-order valence-electron chi connectivity index (χ2n) is 4.64. The van der Waals surface area contributed by atoms with Gasteiger partial charge in [-0.05, 0) is 30.7 Å². The number of hydrogen-bond donors (Lipinski definition) is 2. The molecule has 0 saturated heterocycles. The van der Waals surface area contributed by atoms with E-state index in [2.05, 4.69) is 54.4 Å². The molecule has 0 aliphatic carbocycles. The van der Waals surface area contributed by atoms with Gasteiger partial charge in [0, 0.05) is 22.3 Å². The monoisotopic (exact) mass is 268 g/mol. The Morgan fingerprint density at radius 3 is 2.74 bits per heavy atom. The van der Waals surface area contributed by atoms with Crippen molar-refractivity contribution in [1.29, 1.82) is 0 Å². The maximum absolute atomic E-state index is 5.82. The van der Waals surface area contributed by atoms with Crippen molar-refractivity contribution in [2.45, 2.75) is 23.4 Å². The van der Waals surface area contributed by atoms with Crippen LogP contribution in [-0.2, 0) is 6.54 Å². The summed E-state index contributed by atoms with van der Waals surface area (Å²) in [5.74, 6) is 0. The lowest BCUT2D eigenvalue weighted by Crippen LogP contribution is -1.98. The van der Waals surface area contributed by atoms with Crippen molar-refractivity contribution < 1.29 is 0 Å². The predicted molar refractivity (Wildman–Crippen MR) is 81.5 cm³/mol. The first kappa shape index (κ1) is 12.3. The number of para-hydroxylation sites is 1. The van der Waals surface area contributed by atoms with E-state index in [1.165, 1.54) is 26.9 Å². The SMILES string of the molecule is Cc1ccc(Sc2cc3ccccc3[nH]2)c(CN)c1. The fraction of sp³-hybridized carbons (Fsp3) is 0.125. The van der Waals surface area contributed by atoms with E-state index in [4.69, 9.17) is 5.73 Å². The molecule has 1 aromatic heterocycles. The molecule has 3 rings (SSSR count). The second kappa shape index (κ2) is 5.11. The molecule has 0 atom stereocenters. The highest BCUT2D eigenvalue weighted by Gasteiger charge is 2.06. The van der Waals surface area contributed by atoms with Crippen LogP contribution < -0.4 is 5.73 Å². The van der Waals surface area contributed by atoms with Gasteiger partial charge in [-0.25, -0.2) is 0 Å². The lowest BCUT2D eigenvalue weighted by Gasteiger charge is -2.07. The Labute approximate surface area is 117 Å². The summed E-state index contributed by atoms with van der Waals surface area (Å²) in [5, 5.41) is 2.39. The van der Waals surface area contributed by atoms with E-state index in [-0.39, 0.29) is 0 Å². The summed E-state index contributed by atoms with van der Waals surface area (Å²) < 4.78 is 0. The fourth-order valence-corrected chi connectivity index (χ4v) is 3.18. The summed E-state index contributed by atoms with van der Waals surface area (Å²) in [6.45, 7) is 2.67. The maximum atomic E-state index is 5.82. The number of aryl methyl sites for hydroxylation is 1. The first-order chi connectivity index (χ1) is 9.26. The number of hydrogen-bond acceptors (Lipinski definition) is 2. The third-order valence-electron chi connectivity index (χ3n) is 3.16. The average Bonchev–Trinajstić information content (AvgIpc) is 2.83. The van der Waals surface area contributed by atoms with Crippen molar-refractivity contribution in [3.8, 4) is 0 Å². The summed E-state index contributed by atoms with van der Waals surface area (Å²) >= 11 is 1.74. The van der Waals surface area contributed by atoms with Crippen LogP contribution in [0.1, 0.15) is 11.1 Å². The number of nitrogens with two attached hydrogens (primary N) is 1. The molecule has 0 amide bonds. The quantitative estimate of drug-likeness (QED) is 0.751. The molecule has 0 saturated carbocycles. The standard InChI is InChI=1S/C16H16N2S/c1-11-6-7-15(13(8-11)10-17)19-16-9-12-4-2-3-5-14(12)18-16/h2-9,18H,10,17H2,1H3. The minimum atomic E-state index is 0.574. The van der Waals surface area contributed by atoms with Crippen molar-refractivity contribution in [2.24, 2.45) is 5.73 Å². The van der Waals surface area contributed by atoms with Crippen molar-refractivity contribution in [3.63, 3.8) is 0 Å². The molecule has 0 aliphatic heterocycles. The van der Waals surface area contributed by atoms with Crippen molar-refractivity contribution in [1.82, 2.24) is 4.98 Å². The highest BCUT2D eigenvalue weighted by Crippen LogP contribution is 2.32. The molecule has 0 radical (unpaired) electrons. The minimum absolute atomic E-state index is 0.574. The number of rotatable bonds is 3. The lowest BCUT2D eigenvalue weighted by molar-refractivity contribution is 1.02. The van der Waals surface area contributed by atoms with E-state index in [9.17, 15) is 0 Å². The van der Waals surface area contributed by atoms with Crippen LogP contribution in [0.25, 0.3) is 10.9 Å². The third kappa shape index (κ3) is 2.53. The largest absolute Gasteiger partial charge is 0.349 e. The molecule has 0 fully saturated rings. The van der Waals surface area contributed by atoms with E-state index in [0.717, 1.165) is 5.03 Å². The Kier molecular flexibility index (Phi) is 3.32. The Bertz CT molecular complexity index is 683. The van der Waals surface area contributed by atoms with Crippen LogP contribution >= 0.6 is 11.8 Å². The Balaban J connectivity index is 1.96. The van der Waals surface area contributed by atoms with Gasteiger partial charge in [-0.1, -0.05) is 47.7 Å². The van der Waals surface area contributed by atoms with E-state index in [0.29, 0.717) is 6.54 Å². The molecular formula is C16H16N2S. The number of aromatic amines is 1. The van der Waals surface area contributed by atoms with Crippen molar-refractivity contribution in [3.05, 3.63) is 59.7 Å². The highest BCUT2D eigenvalue weighted by atomic mass is 32.2. The average molecular weight is 268 g/mol. The van der Waals surface area contributed by atoms with Crippen LogP contribution in [-0.4, -0.2) is 4.98 Å². The molecule has 0 bridgehead atoms. The molecule has 1 heterocycles. The zero-order valence-corrected chi connectivity index (χ0v) is 11.6. The minimum Gasteiger partial charge on any atom is -0.349 e. The topological polar surface area (TPSA) is 41.8 Å². The van der Waals surface area contributed by atoms with Gasteiger partial charge < -0.3 is 10.7 Å². The number of aromatic nitrogens is 1. The van der Waals surface area contributed by atoms with Crippen molar-refractivity contribution >= 4 is 22.7 Å². The summed E-state index contributed by atoms with van der Waals surface area (Å²) in [6.07, 6.45) is 0. The van der Waals surface area contributed by atoms with Gasteiger partial charge in [0.1, 0.15) is 0 Å². The Morgan fingerprint density at radius 1 is 1.11 bits per heavy atom. The molecule has 0 spiro atoms. The van der Waals surface area contributed by atoms with E-state index >= 15 is 0 Å². The third-order valence-corrected chi connectivity index (χ3v) is 4.22. The van der Waals surface area contributed by atoms with E-state index in [1.807, 2.05) is 6.07 Å². The lowest BCUT2D eigenvalue weighted by atomic mass is 10.1. The van der Waals surface area contributed by atoms with Gasteiger partial charge in [-0.2, -0.15) is 0 Å². The number of H-pyrrole nitrogens is 1. The normalized spacial score (nSPS) is 11.1. The molecule has 3 N–H and O–H groups in total. The first-order valence-electron chi connectivity index (χ1n) is 6.31. The Hall–Kier alpha value is -1.71. The maximum Gasteiger partial charge on any atom is 0.0780 e. The van der Waals surface area contributed by atoms with E-state index < -0.39 is 0 Å². The molecule has 96 valence electrons. The van der Waals surface area contributed by atoms with Crippen LogP contribution in [0.3, 0.4) is 0 Å². The van der Waals surface area contributed by atoms with Crippen LogP contribution in [0, 0.1) is 6.92 Å². The van der Waals surface area contributed by atoms with E-state index in [1.54, 1.807) is 11.8 Å². The van der Waals surface area contributed by atoms with Gasteiger partial charge in [0.15, 0.2) is 0 Å². The van der Waals surface area contributed by atoms with Gasteiger partial charge in [-0.3, -0.25) is 0 Å². The molecule has 3 aromatic rings. The summed E-state index contributed by atoms with van der Waals surface area (Å²) in [6, 6.07) is 16.9. The zero-order chi connectivity index (χ0) is 13.2. The highest BCUT2D eigenvalue weighted by molar-refractivity contribution is 7.99. The summed E-state index contributed by atoms with van der Waals surface area (Å²) in [5.41, 5.74) is 9.45. The number of benzene rings is 2.